The second kappa shape index (κ2) is 17.2. The zero-order valence-electron chi connectivity index (χ0n) is 36.7. The maximum atomic E-state index is 5.57. The van der Waals surface area contributed by atoms with Gasteiger partial charge in [-0.1, -0.05) is 206 Å². The van der Waals surface area contributed by atoms with Crippen molar-refractivity contribution >= 4 is 21.9 Å². The van der Waals surface area contributed by atoms with Crippen molar-refractivity contribution in [2.45, 2.75) is 0 Å². The molecule has 12 aromatic rings. The van der Waals surface area contributed by atoms with Crippen molar-refractivity contribution in [3.8, 4) is 95.1 Å². The van der Waals surface area contributed by atoms with Gasteiger partial charge >= 0.3 is 0 Å². The van der Waals surface area contributed by atoms with Crippen molar-refractivity contribution in [3.05, 3.63) is 261 Å². The molecule has 0 aliphatic rings. The van der Waals surface area contributed by atoms with E-state index in [2.05, 4.69) is 265 Å². The monoisotopic (exact) mass is 853 g/mol. The zero-order valence-corrected chi connectivity index (χ0v) is 36.7. The molecule has 0 saturated heterocycles. The molecule has 12 rings (SSSR count). The largest absolute Gasteiger partial charge is 0.306 e. The highest BCUT2D eigenvalue weighted by molar-refractivity contribution is 6.11. The van der Waals surface area contributed by atoms with Crippen LogP contribution in [-0.4, -0.2) is 14.5 Å². The van der Waals surface area contributed by atoms with Crippen LogP contribution in [0.1, 0.15) is 0 Å². The molecule has 10 aromatic carbocycles. The minimum atomic E-state index is 0.678. The van der Waals surface area contributed by atoms with Gasteiger partial charge in [0.1, 0.15) is 5.52 Å². The summed E-state index contributed by atoms with van der Waals surface area (Å²) in [5.74, 6) is 0.678. The molecule has 3 nitrogen and oxygen atoms in total. The first-order valence-electron chi connectivity index (χ1n) is 22.8. The van der Waals surface area contributed by atoms with Crippen LogP contribution in [0.5, 0.6) is 0 Å². The van der Waals surface area contributed by atoms with Crippen molar-refractivity contribution in [2.24, 2.45) is 0 Å². The summed E-state index contributed by atoms with van der Waals surface area (Å²) < 4.78 is 2.32. The lowest BCUT2D eigenvalue weighted by Crippen LogP contribution is -2.00. The summed E-state index contributed by atoms with van der Waals surface area (Å²) in [6.07, 6.45) is 0. The fraction of sp³-hybridized carbons (Fsp3) is 0. The second-order valence-electron chi connectivity index (χ2n) is 17.0. The third-order valence-corrected chi connectivity index (χ3v) is 12.8. The van der Waals surface area contributed by atoms with Gasteiger partial charge in [-0.25, -0.2) is 9.97 Å². The molecule has 67 heavy (non-hydrogen) atoms. The minimum Gasteiger partial charge on any atom is -0.306 e. The van der Waals surface area contributed by atoms with Crippen LogP contribution in [0.2, 0.25) is 0 Å². The van der Waals surface area contributed by atoms with E-state index in [1.54, 1.807) is 0 Å². The lowest BCUT2D eigenvalue weighted by atomic mass is 9.95. The molecule has 0 amide bonds. The number of rotatable bonds is 9. The standard InChI is InChI=1S/C64H43N3/c1-4-18-44(19-5-1)46-22-12-24-48(38-46)50-26-14-28-52(40-50)54-30-16-32-56(42-54)61-63-62(59-36-10-11-37-60(59)67(63)58-34-8-3-9-35-58)66-64(65-61)57-33-17-31-55(43-57)53-29-15-27-51(41-53)49-25-13-23-47(39-49)45-20-6-2-7-21-45/h1-43H. The Labute approximate surface area is 390 Å². The molecular weight excluding hydrogens is 811 g/mol. The van der Waals surface area contributed by atoms with Gasteiger partial charge in [0.05, 0.1) is 16.7 Å². The molecule has 0 atom stereocenters. The van der Waals surface area contributed by atoms with Gasteiger partial charge in [0.2, 0.25) is 0 Å². The summed E-state index contributed by atoms with van der Waals surface area (Å²) >= 11 is 0. The molecular formula is C64H43N3. The van der Waals surface area contributed by atoms with E-state index in [9.17, 15) is 0 Å². The van der Waals surface area contributed by atoms with Gasteiger partial charge in [-0.3, -0.25) is 0 Å². The Morgan fingerprint density at radius 1 is 0.254 bits per heavy atom. The number of hydrogen-bond acceptors (Lipinski definition) is 2. The number of aromatic nitrogens is 3. The molecule has 2 aromatic heterocycles. The Bertz CT molecular complexity index is 3740. The van der Waals surface area contributed by atoms with Gasteiger partial charge in [-0.2, -0.15) is 0 Å². The average Bonchev–Trinajstić information content (AvgIpc) is 3.76. The molecule has 0 radical (unpaired) electrons. The zero-order chi connectivity index (χ0) is 44.5. The molecule has 0 spiro atoms. The molecule has 314 valence electrons. The molecule has 3 heteroatoms. The van der Waals surface area contributed by atoms with Gasteiger partial charge in [-0.15, -0.1) is 0 Å². The third-order valence-electron chi connectivity index (χ3n) is 12.8. The smallest absolute Gasteiger partial charge is 0.160 e. The number of fused-ring (bicyclic) bond motifs is 3. The van der Waals surface area contributed by atoms with Crippen LogP contribution in [-0.2, 0) is 0 Å². The van der Waals surface area contributed by atoms with Gasteiger partial charge in [0.25, 0.3) is 0 Å². The Hall–Kier alpha value is -8.92. The van der Waals surface area contributed by atoms with E-state index in [-0.39, 0.29) is 0 Å². The highest BCUT2D eigenvalue weighted by Gasteiger charge is 2.22. The maximum Gasteiger partial charge on any atom is 0.160 e. The SMILES string of the molecule is c1ccc(-c2cccc(-c3cccc(-c4cccc(-c5nc(-c6cccc(-c7cccc(-c8cccc(-c9ccccc9)c8)c7)c6)c6c(n5)c5ccccc5n6-c5ccccc5)c4)c3)c2)cc1. The maximum absolute atomic E-state index is 5.57. The summed E-state index contributed by atoms with van der Waals surface area (Å²) in [4.78, 5) is 11.0. The molecule has 0 saturated carbocycles. The van der Waals surface area contributed by atoms with Gasteiger partial charge < -0.3 is 4.57 Å². The lowest BCUT2D eigenvalue weighted by molar-refractivity contribution is 1.15. The first-order chi connectivity index (χ1) is 33.2. The van der Waals surface area contributed by atoms with Crippen LogP contribution in [0.15, 0.2) is 261 Å². The van der Waals surface area contributed by atoms with E-state index in [1.165, 1.54) is 44.5 Å². The van der Waals surface area contributed by atoms with E-state index in [4.69, 9.17) is 9.97 Å². The van der Waals surface area contributed by atoms with Crippen LogP contribution >= 0.6 is 0 Å². The first kappa shape index (κ1) is 39.7. The van der Waals surface area contributed by atoms with Gasteiger partial charge in [0.15, 0.2) is 5.82 Å². The minimum absolute atomic E-state index is 0.678. The number of nitrogens with zero attached hydrogens (tertiary/aromatic N) is 3. The summed E-state index contributed by atoms with van der Waals surface area (Å²) in [5, 5.41) is 1.08. The molecule has 0 fully saturated rings. The predicted molar refractivity (Wildman–Crippen MR) is 280 cm³/mol. The lowest BCUT2D eigenvalue weighted by Gasteiger charge is -2.14. The fourth-order valence-corrected chi connectivity index (χ4v) is 9.48. The molecule has 2 heterocycles. The summed E-state index contributed by atoms with van der Waals surface area (Å²) in [5.41, 5.74) is 20.9. The Balaban J connectivity index is 0.983. The van der Waals surface area contributed by atoms with E-state index < -0.39 is 0 Å². The fourth-order valence-electron chi connectivity index (χ4n) is 9.48. The number of benzene rings is 10. The predicted octanol–water partition coefficient (Wildman–Crippen LogP) is 16.9. The summed E-state index contributed by atoms with van der Waals surface area (Å²) in [6.45, 7) is 0. The third kappa shape index (κ3) is 7.69. The van der Waals surface area contributed by atoms with E-state index in [0.29, 0.717) is 5.82 Å². The molecule has 0 aliphatic carbocycles. The quantitative estimate of drug-likeness (QED) is 0.145. The summed E-state index contributed by atoms with van der Waals surface area (Å²) in [7, 11) is 0. The average molecular weight is 854 g/mol. The topological polar surface area (TPSA) is 30.7 Å². The van der Waals surface area contributed by atoms with Crippen molar-refractivity contribution in [1.29, 1.82) is 0 Å². The van der Waals surface area contributed by atoms with Crippen LogP contribution in [0.4, 0.5) is 0 Å². The Morgan fingerprint density at radius 3 is 1.04 bits per heavy atom. The van der Waals surface area contributed by atoms with E-state index >= 15 is 0 Å². The highest BCUT2D eigenvalue weighted by atomic mass is 15.0. The second-order valence-corrected chi connectivity index (χ2v) is 17.0. The highest BCUT2D eigenvalue weighted by Crippen LogP contribution is 2.40. The van der Waals surface area contributed by atoms with Crippen LogP contribution < -0.4 is 0 Å². The van der Waals surface area contributed by atoms with E-state index in [0.717, 1.165) is 66.7 Å². The summed E-state index contributed by atoms with van der Waals surface area (Å²) in [6, 6.07) is 93.0. The first-order valence-corrected chi connectivity index (χ1v) is 22.8. The van der Waals surface area contributed by atoms with Crippen LogP contribution in [0.25, 0.3) is 117 Å². The van der Waals surface area contributed by atoms with Crippen molar-refractivity contribution in [2.75, 3.05) is 0 Å². The Morgan fingerprint density at radius 2 is 0.582 bits per heavy atom. The van der Waals surface area contributed by atoms with Gasteiger partial charge in [0, 0.05) is 22.2 Å². The molecule has 0 N–H and O–H groups in total. The van der Waals surface area contributed by atoms with Gasteiger partial charge in [-0.05, 0) is 121 Å². The van der Waals surface area contributed by atoms with Crippen molar-refractivity contribution < 1.29 is 0 Å². The number of hydrogen-bond donors (Lipinski definition) is 0. The van der Waals surface area contributed by atoms with Crippen molar-refractivity contribution in [3.63, 3.8) is 0 Å². The van der Waals surface area contributed by atoms with Crippen molar-refractivity contribution in [1.82, 2.24) is 14.5 Å². The van der Waals surface area contributed by atoms with Crippen LogP contribution in [0, 0.1) is 0 Å². The van der Waals surface area contributed by atoms with E-state index in [1.807, 2.05) is 0 Å². The Kier molecular flexibility index (Phi) is 10.2. The normalized spacial score (nSPS) is 11.3. The number of para-hydroxylation sites is 2. The molecule has 0 unspecified atom stereocenters. The molecule has 0 bridgehead atoms. The van der Waals surface area contributed by atoms with Crippen LogP contribution in [0.3, 0.4) is 0 Å². The molecule has 0 aliphatic heterocycles.